The van der Waals surface area contributed by atoms with Gasteiger partial charge in [0.15, 0.2) is 0 Å². The van der Waals surface area contributed by atoms with E-state index >= 15 is 0 Å². The first-order valence-corrected chi connectivity index (χ1v) is 5.93. The maximum Gasteiger partial charge on any atom is 0.242 e. The highest BCUT2D eigenvalue weighted by atomic mass is 16.3. The first-order valence-electron chi connectivity index (χ1n) is 5.93. The predicted molar refractivity (Wildman–Crippen MR) is 65.4 cm³/mol. The highest BCUT2D eigenvalue weighted by molar-refractivity contribution is 5.83. The van der Waals surface area contributed by atoms with Crippen LogP contribution in [0.2, 0.25) is 0 Å². The van der Waals surface area contributed by atoms with Gasteiger partial charge in [0.05, 0.1) is 12.6 Å². The van der Waals surface area contributed by atoms with Gasteiger partial charge in [-0.15, -0.1) is 0 Å². The SMILES string of the molecule is CC(c1ccccc1)N1CCNC(CO)C1=O. The average Bonchev–Trinajstić information content (AvgIpc) is 2.39. The number of hydrogen-bond donors (Lipinski definition) is 2. The standard InChI is InChI=1S/C13H18N2O2/c1-10(11-5-3-2-4-6-11)15-8-7-14-12(9-16)13(15)17/h2-6,10,12,14,16H,7-9H2,1H3. The topological polar surface area (TPSA) is 52.6 Å². The molecule has 2 unspecified atom stereocenters. The molecule has 4 nitrogen and oxygen atoms in total. The van der Waals surface area contributed by atoms with Gasteiger partial charge in [-0.2, -0.15) is 0 Å². The third-order valence-electron chi connectivity index (χ3n) is 3.26. The second-order valence-corrected chi connectivity index (χ2v) is 4.31. The van der Waals surface area contributed by atoms with Crippen LogP contribution >= 0.6 is 0 Å². The molecule has 2 atom stereocenters. The van der Waals surface area contributed by atoms with E-state index in [1.54, 1.807) is 0 Å². The Morgan fingerprint density at radius 1 is 1.47 bits per heavy atom. The summed E-state index contributed by atoms with van der Waals surface area (Å²) in [5.41, 5.74) is 1.12. The zero-order valence-corrected chi connectivity index (χ0v) is 9.97. The molecule has 2 rings (SSSR count). The Morgan fingerprint density at radius 2 is 2.18 bits per heavy atom. The zero-order valence-electron chi connectivity index (χ0n) is 9.97. The van der Waals surface area contributed by atoms with Gasteiger partial charge in [0.25, 0.3) is 0 Å². The van der Waals surface area contributed by atoms with Crippen molar-refractivity contribution in [2.75, 3.05) is 19.7 Å². The molecule has 0 radical (unpaired) electrons. The molecule has 4 heteroatoms. The molecule has 1 aliphatic rings. The second-order valence-electron chi connectivity index (χ2n) is 4.31. The summed E-state index contributed by atoms with van der Waals surface area (Å²) in [5, 5.41) is 12.1. The lowest BCUT2D eigenvalue weighted by Gasteiger charge is -2.36. The van der Waals surface area contributed by atoms with Gasteiger partial charge < -0.3 is 15.3 Å². The summed E-state index contributed by atoms with van der Waals surface area (Å²) >= 11 is 0. The fraction of sp³-hybridized carbons (Fsp3) is 0.462. The van der Waals surface area contributed by atoms with Gasteiger partial charge in [0.2, 0.25) is 5.91 Å². The molecule has 0 saturated carbocycles. The lowest BCUT2D eigenvalue weighted by molar-refractivity contribution is -0.139. The Balaban J connectivity index is 2.14. The Morgan fingerprint density at radius 3 is 2.82 bits per heavy atom. The van der Waals surface area contributed by atoms with Crippen LogP contribution in [-0.2, 0) is 4.79 Å². The number of aliphatic hydroxyl groups excluding tert-OH is 1. The maximum atomic E-state index is 12.1. The van der Waals surface area contributed by atoms with Crippen LogP contribution in [0.5, 0.6) is 0 Å². The number of nitrogens with zero attached hydrogens (tertiary/aromatic N) is 1. The van der Waals surface area contributed by atoms with E-state index in [9.17, 15) is 4.79 Å². The van der Waals surface area contributed by atoms with Crippen molar-refractivity contribution in [3.63, 3.8) is 0 Å². The largest absolute Gasteiger partial charge is 0.394 e. The smallest absolute Gasteiger partial charge is 0.242 e. The molecule has 1 aliphatic heterocycles. The second kappa shape index (κ2) is 5.29. The molecule has 0 spiro atoms. The van der Waals surface area contributed by atoms with Crippen molar-refractivity contribution >= 4 is 5.91 Å². The van der Waals surface area contributed by atoms with Crippen LogP contribution < -0.4 is 5.32 Å². The number of rotatable bonds is 3. The van der Waals surface area contributed by atoms with Gasteiger partial charge >= 0.3 is 0 Å². The number of amides is 1. The van der Waals surface area contributed by atoms with E-state index in [-0.39, 0.29) is 18.6 Å². The molecule has 92 valence electrons. The number of nitrogens with one attached hydrogen (secondary N) is 1. The molecule has 1 aromatic rings. The fourth-order valence-corrected chi connectivity index (χ4v) is 2.20. The Kier molecular flexibility index (Phi) is 3.76. The summed E-state index contributed by atoms with van der Waals surface area (Å²) in [6.45, 7) is 3.30. The van der Waals surface area contributed by atoms with E-state index in [4.69, 9.17) is 5.11 Å². The summed E-state index contributed by atoms with van der Waals surface area (Å²) in [7, 11) is 0. The highest BCUT2D eigenvalue weighted by Gasteiger charge is 2.30. The first-order chi connectivity index (χ1) is 8.24. The monoisotopic (exact) mass is 234 g/mol. The lowest BCUT2D eigenvalue weighted by Crippen LogP contribution is -2.56. The third kappa shape index (κ3) is 2.48. The summed E-state index contributed by atoms with van der Waals surface area (Å²) in [6, 6.07) is 9.56. The molecule has 0 bridgehead atoms. The Labute approximate surface area is 101 Å². The van der Waals surface area contributed by atoms with Crippen molar-refractivity contribution in [1.29, 1.82) is 0 Å². The first kappa shape index (κ1) is 12.1. The van der Waals surface area contributed by atoms with Gasteiger partial charge in [0, 0.05) is 13.1 Å². The van der Waals surface area contributed by atoms with Crippen LogP contribution in [0.3, 0.4) is 0 Å². The number of carbonyl (C=O) groups excluding carboxylic acids is 1. The summed E-state index contributed by atoms with van der Waals surface area (Å²) < 4.78 is 0. The van der Waals surface area contributed by atoms with Crippen molar-refractivity contribution < 1.29 is 9.90 Å². The highest BCUT2D eigenvalue weighted by Crippen LogP contribution is 2.21. The fourth-order valence-electron chi connectivity index (χ4n) is 2.20. The van der Waals surface area contributed by atoms with E-state index in [1.807, 2.05) is 42.2 Å². The van der Waals surface area contributed by atoms with Crippen LogP contribution in [0.1, 0.15) is 18.5 Å². The molecule has 1 fully saturated rings. The van der Waals surface area contributed by atoms with E-state index in [0.717, 1.165) is 12.1 Å². The molecule has 0 aliphatic carbocycles. The number of benzene rings is 1. The van der Waals surface area contributed by atoms with Gasteiger partial charge in [-0.1, -0.05) is 30.3 Å². The van der Waals surface area contributed by atoms with Crippen molar-refractivity contribution in [3.8, 4) is 0 Å². The van der Waals surface area contributed by atoms with Crippen LogP contribution in [0, 0.1) is 0 Å². The molecule has 1 saturated heterocycles. The molecular weight excluding hydrogens is 216 g/mol. The number of carbonyl (C=O) groups is 1. The third-order valence-corrected chi connectivity index (χ3v) is 3.26. The predicted octanol–water partition coefficient (Wildman–Crippen LogP) is 0.540. The summed E-state index contributed by atoms with van der Waals surface area (Å²) in [4.78, 5) is 13.9. The minimum Gasteiger partial charge on any atom is -0.394 e. The van der Waals surface area contributed by atoms with Crippen LogP contribution in [0.15, 0.2) is 30.3 Å². The van der Waals surface area contributed by atoms with Crippen molar-refractivity contribution in [2.45, 2.75) is 19.0 Å². The minimum absolute atomic E-state index is 0.0184. The van der Waals surface area contributed by atoms with Crippen molar-refractivity contribution in [1.82, 2.24) is 10.2 Å². The normalized spacial score (nSPS) is 22.6. The van der Waals surface area contributed by atoms with Crippen molar-refractivity contribution in [3.05, 3.63) is 35.9 Å². The molecule has 0 aromatic heterocycles. The molecule has 2 N–H and O–H groups in total. The molecule has 17 heavy (non-hydrogen) atoms. The van der Waals surface area contributed by atoms with Crippen LogP contribution in [0.4, 0.5) is 0 Å². The van der Waals surface area contributed by atoms with E-state index in [2.05, 4.69) is 5.32 Å². The van der Waals surface area contributed by atoms with Gasteiger partial charge in [-0.05, 0) is 12.5 Å². The number of piperazine rings is 1. The summed E-state index contributed by atoms with van der Waals surface area (Å²) in [6.07, 6.45) is 0. The van der Waals surface area contributed by atoms with E-state index in [1.165, 1.54) is 0 Å². The number of aliphatic hydroxyl groups is 1. The number of hydrogen-bond acceptors (Lipinski definition) is 3. The molecule has 1 amide bonds. The molecular formula is C13H18N2O2. The van der Waals surface area contributed by atoms with Crippen molar-refractivity contribution in [2.24, 2.45) is 0 Å². The van der Waals surface area contributed by atoms with E-state index < -0.39 is 6.04 Å². The van der Waals surface area contributed by atoms with Crippen LogP contribution in [0.25, 0.3) is 0 Å². The summed E-state index contributed by atoms with van der Waals surface area (Å²) in [5.74, 6) is -0.0184. The van der Waals surface area contributed by atoms with Crippen LogP contribution in [-0.4, -0.2) is 41.7 Å². The Hall–Kier alpha value is -1.39. The molecule has 1 aromatic carbocycles. The van der Waals surface area contributed by atoms with Gasteiger partial charge in [-0.25, -0.2) is 0 Å². The lowest BCUT2D eigenvalue weighted by atomic mass is 10.0. The maximum absolute atomic E-state index is 12.1. The molecule has 1 heterocycles. The van der Waals surface area contributed by atoms with E-state index in [0.29, 0.717) is 6.54 Å². The quantitative estimate of drug-likeness (QED) is 0.802. The zero-order chi connectivity index (χ0) is 12.3. The van der Waals surface area contributed by atoms with Gasteiger partial charge in [0.1, 0.15) is 6.04 Å². The minimum atomic E-state index is -0.449. The Bertz CT molecular complexity index is 380. The average molecular weight is 234 g/mol. The van der Waals surface area contributed by atoms with Gasteiger partial charge in [-0.3, -0.25) is 4.79 Å².